The third-order valence-corrected chi connectivity index (χ3v) is 6.47. The molecule has 0 unspecified atom stereocenters. The second kappa shape index (κ2) is 11.2. The highest BCUT2D eigenvalue weighted by molar-refractivity contribution is 6.06. The van der Waals surface area contributed by atoms with Gasteiger partial charge in [0.15, 0.2) is 0 Å². The highest BCUT2D eigenvalue weighted by Gasteiger charge is 2.30. The van der Waals surface area contributed by atoms with Crippen molar-refractivity contribution in [3.63, 3.8) is 0 Å². The topological polar surface area (TPSA) is 51.2 Å². The summed E-state index contributed by atoms with van der Waals surface area (Å²) < 4.78 is 29.7. The molecule has 0 spiro atoms. The summed E-state index contributed by atoms with van der Waals surface area (Å²) in [4.78, 5) is 17.8. The number of anilines is 1. The largest absolute Gasteiger partial charge is 0.497 e. The number of hydrogen-bond donors (Lipinski definition) is 0. The monoisotopic (exact) mass is 478 g/mol. The van der Waals surface area contributed by atoms with Gasteiger partial charge >= 0.3 is 0 Å². The lowest BCUT2D eigenvalue weighted by Crippen LogP contribution is -2.47. The van der Waals surface area contributed by atoms with Crippen LogP contribution >= 0.6 is 0 Å². The minimum Gasteiger partial charge on any atom is -0.497 e. The SMILES string of the molecule is COc1ccc(C(=O)N(c2ccc(F)cc2)C2CCN(Cc3ccc(OC)cc3OC)CC2)cc1. The Bertz CT molecular complexity index is 1130. The number of benzene rings is 3. The fourth-order valence-electron chi connectivity index (χ4n) is 4.53. The van der Waals surface area contributed by atoms with E-state index in [9.17, 15) is 9.18 Å². The van der Waals surface area contributed by atoms with Crippen molar-refractivity contribution in [2.45, 2.75) is 25.4 Å². The maximum absolute atomic E-state index is 13.6. The van der Waals surface area contributed by atoms with Crippen molar-refractivity contribution in [2.75, 3.05) is 39.3 Å². The number of ether oxygens (including phenoxy) is 3. The molecule has 1 heterocycles. The van der Waals surface area contributed by atoms with E-state index < -0.39 is 0 Å². The number of amides is 1. The Hall–Kier alpha value is -3.58. The summed E-state index contributed by atoms with van der Waals surface area (Å²) in [6.07, 6.45) is 1.61. The maximum atomic E-state index is 13.6. The second-order valence-electron chi connectivity index (χ2n) is 8.57. The molecule has 0 saturated carbocycles. The molecule has 184 valence electrons. The molecule has 1 amide bonds. The molecule has 0 N–H and O–H groups in total. The van der Waals surface area contributed by atoms with E-state index in [1.54, 1.807) is 57.7 Å². The molecule has 3 aromatic carbocycles. The third-order valence-electron chi connectivity index (χ3n) is 6.47. The van der Waals surface area contributed by atoms with Crippen LogP contribution in [0.15, 0.2) is 66.7 Å². The van der Waals surface area contributed by atoms with Crippen LogP contribution in [0.3, 0.4) is 0 Å². The minimum atomic E-state index is -0.325. The first-order chi connectivity index (χ1) is 17.0. The van der Waals surface area contributed by atoms with Crippen LogP contribution in [0.1, 0.15) is 28.8 Å². The quantitative estimate of drug-likeness (QED) is 0.448. The predicted octanol–water partition coefficient (Wildman–Crippen LogP) is 5.16. The summed E-state index contributed by atoms with van der Waals surface area (Å²) in [5.74, 6) is 1.82. The highest BCUT2D eigenvalue weighted by Crippen LogP contribution is 2.30. The molecule has 0 aliphatic carbocycles. The van der Waals surface area contributed by atoms with E-state index in [0.717, 1.165) is 49.5 Å². The van der Waals surface area contributed by atoms with Crippen molar-refractivity contribution < 1.29 is 23.4 Å². The molecule has 0 radical (unpaired) electrons. The molecule has 0 bridgehead atoms. The zero-order valence-corrected chi connectivity index (χ0v) is 20.4. The summed E-state index contributed by atoms with van der Waals surface area (Å²) in [5.41, 5.74) is 2.36. The highest BCUT2D eigenvalue weighted by atomic mass is 19.1. The average Bonchev–Trinajstić information content (AvgIpc) is 2.91. The van der Waals surface area contributed by atoms with Crippen molar-refractivity contribution >= 4 is 11.6 Å². The van der Waals surface area contributed by atoms with Gasteiger partial charge in [0.1, 0.15) is 23.1 Å². The molecular formula is C28H31FN2O4. The average molecular weight is 479 g/mol. The molecule has 35 heavy (non-hydrogen) atoms. The standard InChI is InChI=1S/C28H31FN2O4/c1-33-25-11-4-20(5-12-25)28(32)31(23-9-7-22(29)8-10-23)24-14-16-30(17-15-24)19-21-6-13-26(34-2)18-27(21)35-3/h4-13,18,24H,14-17,19H2,1-3H3. The van der Waals surface area contributed by atoms with Gasteiger partial charge in [0.25, 0.3) is 5.91 Å². The Morgan fingerprint density at radius 1 is 0.886 bits per heavy atom. The van der Waals surface area contributed by atoms with Crippen LogP contribution in [0.4, 0.5) is 10.1 Å². The van der Waals surface area contributed by atoms with E-state index in [0.29, 0.717) is 17.0 Å². The smallest absolute Gasteiger partial charge is 0.258 e. The number of hydrogen-bond acceptors (Lipinski definition) is 5. The van der Waals surface area contributed by atoms with E-state index in [-0.39, 0.29) is 17.8 Å². The molecule has 7 heteroatoms. The first-order valence-electron chi connectivity index (χ1n) is 11.7. The van der Waals surface area contributed by atoms with E-state index >= 15 is 0 Å². The zero-order valence-electron chi connectivity index (χ0n) is 20.4. The number of piperidine rings is 1. The van der Waals surface area contributed by atoms with Crippen LogP contribution < -0.4 is 19.1 Å². The minimum absolute atomic E-state index is 0.00377. The Labute approximate surface area is 205 Å². The van der Waals surface area contributed by atoms with Crippen molar-refractivity contribution in [3.05, 3.63) is 83.7 Å². The summed E-state index contributed by atoms with van der Waals surface area (Å²) in [5, 5.41) is 0. The summed E-state index contributed by atoms with van der Waals surface area (Å²) >= 11 is 0. The fraction of sp³-hybridized carbons (Fsp3) is 0.321. The van der Waals surface area contributed by atoms with Crippen LogP contribution in [-0.2, 0) is 6.54 Å². The molecule has 0 atom stereocenters. The van der Waals surface area contributed by atoms with Crippen molar-refractivity contribution in [3.8, 4) is 17.2 Å². The van der Waals surface area contributed by atoms with Crippen molar-refractivity contribution in [1.29, 1.82) is 0 Å². The first kappa shape index (κ1) is 24.5. The van der Waals surface area contributed by atoms with Crippen LogP contribution in [0, 0.1) is 5.82 Å². The van der Waals surface area contributed by atoms with Gasteiger partial charge in [-0.2, -0.15) is 0 Å². The normalized spacial score (nSPS) is 14.4. The van der Waals surface area contributed by atoms with Gasteiger partial charge in [0.05, 0.1) is 21.3 Å². The molecular weight excluding hydrogens is 447 g/mol. The molecule has 1 fully saturated rings. The number of rotatable bonds is 8. The van der Waals surface area contributed by atoms with Crippen LogP contribution in [0.5, 0.6) is 17.2 Å². The van der Waals surface area contributed by atoms with Gasteiger partial charge in [-0.3, -0.25) is 9.69 Å². The Morgan fingerprint density at radius 2 is 1.51 bits per heavy atom. The molecule has 1 aliphatic rings. The maximum Gasteiger partial charge on any atom is 0.258 e. The van der Waals surface area contributed by atoms with Crippen molar-refractivity contribution in [1.82, 2.24) is 4.90 Å². The van der Waals surface area contributed by atoms with Gasteiger partial charge < -0.3 is 19.1 Å². The number of methoxy groups -OCH3 is 3. The number of nitrogens with zero attached hydrogens (tertiary/aromatic N) is 2. The lowest BCUT2D eigenvalue weighted by molar-refractivity contribution is 0.0958. The molecule has 4 rings (SSSR count). The first-order valence-corrected chi connectivity index (χ1v) is 11.7. The summed E-state index contributed by atoms with van der Waals surface area (Å²) in [7, 11) is 4.89. The Kier molecular flexibility index (Phi) is 7.87. The Morgan fingerprint density at radius 3 is 2.11 bits per heavy atom. The predicted molar refractivity (Wildman–Crippen MR) is 134 cm³/mol. The molecule has 1 saturated heterocycles. The summed E-state index contributed by atoms with van der Waals surface area (Å²) in [6.45, 7) is 2.41. The lowest BCUT2D eigenvalue weighted by atomic mass is 10.00. The van der Waals surface area contributed by atoms with Gasteiger partial charge in [-0.15, -0.1) is 0 Å². The van der Waals surface area contributed by atoms with Gasteiger partial charge in [-0.1, -0.05) is 6.07 Å². The van der Waals surface area contributed by atoms with Crippen molar-refractivity contribution in [2.24, 2.45) is 0 Å². The fourth-order valence-corrected chi connectivity index (χ4v) is 4.53. The zero-order chi connectivity index (χ0) is 24.8. The summed E-state index contributed by atoms with van der Waals surface area (Å²) in [6, 6.07) is 19.1. The van der Waals surface area contributed by atoms with E-state index in [1.807, 2.05) is 23.1 Å². The van der Waals surface area contributed by atoms with E-state index in [1.165, 1.54) is 12.1 Å². The lowest BCUT2D eigenvalue weighted by Gasteiger charge is -2.39. The number of halogens is 1. The second-order valence-corrected chi connectivity index (χ2v) is 8.57. The van der Waals surface area contributed by atoms with Crippen LogP contribution in [0.25, 0.3) is 0 Å². The molecule has 0 aromatic heterocycles. The number of likely N-dealkylation sites (tertiary alicyclic amines) is 1. The molecule has 3 aromatic rings. The third kappa shape index (κ3) is 5.74. The van der Waals surface area contributed by atoms with Gasteiger partial charge in [0.2, 0.25) is 0 Å². The molecule has 6 nitrogen and oxygen atoms in total. The van der Waals surface area contributed by atoms with Gasteiger partial charge in [-0.05, 0) is 67.4 Å². The number of carbonyl (C=O) groups is 1. The van der Waals surface area contributed by atoms with Crippen LogP contribution in [0.2, 0.25) is 0 Å². The molecule has 1 aliphatic heterocycles. The van der Waals surface area contributed by atoms with Gasteiger partial charge in [-0.25, -0.2) is 4.39 Å². The number of carbonyl (C=O) groups excluding carboxylic acids is 1. The Balaban J connectivity index is 1.50. The van der Waals surface area contributed by atoms with Crippen LogP contribution in [-0.4, -0.2) is 51.3 Å². The van der Waals surface area contributed by atoms with E-state index in [4.69, 9.17) is 14.2 Å². The van der Waals surface area contributed by atoms with Gasteiger partial charge in [0, 0.05) is 48.6 Å². The van der Waals surface area contributed by atoms with E-state index in [2.05, 4.69) is 4.90 Å².